The van der Waals surface area contributed by atoms with Crippen LogP contribution in [0.2, 0.25) is 0 Å². The molecule has 1 aliphatic heterocycles. The predicted molar refractivity (Wildman–Crippen MR) is 114 cm³/mol. The Balaban J connectivity index is 1.30. The van der Waals surface area contributed by atoms with Gasteiger partial charge in [-0.2, -0.15) is 4.37 Å². The van der Waals surface area contributed by atoms with Gasteiger partial charge in [-0.15, -0.1) is 0 Å². The quantitative estimate of drug-likeness (QED) is 0.704. The summed E-state index contributed by atoms with van der Waals surface area (Å²) in [4.78, 5) is 19.5. The Morgan fingerprint density at radius 1 is 1.11 bits per heavy atom. The fourth-order valence-electron chi connectivity index (χ4n) is 3.44. The van der Waals surface area contributed by atoms with Crippen LogP contribution in [0.5, 0.6) is 0 Å². The van der Waals surface area contributed by atoms with Crippen molar-refractivity contribution in [3.63, 3.8) is 0 Å². The first-order valence-electron chi connectivity index (χ1n) is 9.66. The molecule has 6 heteroatoms. The standard InChI is InChI=1S/C22H24N4OS/c1-16-7-9-19(10-8-16)23-21(27)18-11-13-26(14-12-18)22-24-20(25-28-22)15-17-5-3-2-4-6-17/h2-10,18H,11-15H2,1H3,(H,23,27). The van der Waals surface area contributed by atoms with E-state index < -0.39 is 0 Å². The normalized spacial score (nSPS) is 14.8. The second-order valence-electron chi connectivity index (χ2n) is 7.27. The van der Waals surface area contributed by atoms with Gasteiger partial charge in [0, 0.05) is 42.6 Å². The van der Waals surface area contributed by atoms with Crippen LogP contribution in [0.3, 0.4) is 0 Å². The molecule has 1 saturated heterocycles. The molecule has 0 aliphatic carbocycles. The molecule has 1 fully saturated rings. The molecule has 2 aromatic carbocycles. The van der Waals surface area contributed by atoms with Crippen LogP contribution >= 0.6 is 11.5 Å². The summed E-state index contributed by atoms with van der Waals surface area (Å²) < 4.78 is 4.51. The average molecular weight is 393 g/mol. The number of hydrogen-bond donors (Lipinski definition) is 1. The summed E-state index contributed by atoms with van der Waals surface area (Å²) in [6, 6.07) is 18.2. The molecule has 28 heavy (non-hydrogen) atoms. The number of amides is 1. The van der Waals surface area contributed by atoms with E-state index in [1.807, 2.05) is 49.4 Å². The maximum absolute atomic E-state index is 12.5. The third-order valence-electron chi connectivity index (χ3n) is 5.12. The van der Waals surface area contributed by atoms with Crippen molar-refractivity contribution < 1.29 is 4.79 Å². The molecule has 2 heterocycles. The molecule has 1 N–H and O–H groups in total. The molecule has 1 amide bonds. The number of carbonyl (C=O) groups excluding carboxylic acids is 1. The molecule has 0 unspecified atom stereocenters. The van der Waals surface area contributed by atoms with Crippen molar-refractivity contribution in [3.05, 3.63) is 71.5 Å². The lowest BCUT2D eigenvalue weighted by Gasteiger charge is -2.30. The number of benzene rings is 2. The van der Waals surface area contributed by atoms with E-state index in [9.17, 15) is 4.79 Å². The number of nitrogens with one attached hydrogen (secondary N) is 1. The minimum absolute atomic E-state index is 0.0502. The summed E-state index contributed by atoms with van der Waals surface area (Å²) in [5.74, 6) is 1.03. The van der Waals surface area contributed by atoms with Crippen molar-refractivity contribution in [3.8, 4) is 0 Å². The topological polar surface area (TPSA) is 58.1 Å². The minimum atomic E-state index is 0.0502. The molecular formula is C22H24N4OS. The van der Waals surface area contributed by atoms with Gasteiger partial charge < -0.3 is 10.2 Å². The van der Waals surface area contributed by atoms with Crippen molar-refractivity contribution in [2.24, 2.45) is 5.92 Å². The van der Waals surface area contributed by atoms with Crippen LogP contribution in [0.25, 0.3) is 0 Å². The minimum Gasteiger partial charge on any atom is -0.347 e. The first-order valence-corrected chi connectivity index (χ1v) is 10.4. The second-order valence-corrected chi connectivity index (χ2v) is 8.00. The number of anilines is 2. The van der Waals surface area contributed by atoms with Gasteiger partial charge in [-0.25, -0.2) is 4.98 Å². The number of carbonyl (C=O) groups is 1. The highest BCUT2D eigenvalue weighted by atomic mass is 32.1. The van der Waals surface area contributed by atoms with E-state index >= 15 is 0 Å². The van der Waals surface area contributed by atoms with Crippen LogP contribution in [0.15, 0.2) is 54.6 Å². The summed E-state index contributed by atoms with van der Waals surface area (Å²) in [6.45, 7) is 3.72. The number of nitrogens with zero attached hydrogens (tertiary/aromatic N) is 3. The number of aryl methyl sites for hydroxylation is 1. The zero-order valence-electron chi connectivity index (χ0n) is 16.0. The predicted octanol–water partition coefficient (Wildman–Crippen LogP) is 4.29. The maximum atomic E-state index is 12.5. The van der Waals surface area contributed by atoms with Crippen LogP contribution in [0.1, 0.15) is 29.8 Å². The molecule has 144 valence electrons. The van der Waals surface area contributed by atoms with Gasteiger partial charge in [0.1, 0.15) is 5.82 Å². The summed E-state index contributed by atoms with van der Waals surface area (Å²) in [7, 11) is 0. The van der Waals surface area contributed by atoms with Gasteiger partial charge in [0.05, 0.1) is 0 Å². The molecule has 0 radical (unpaired) electrons. The molecule has 1 aromatic heterocycles. The summed E-state index contributed by atoms with van der Waals surface area (Å²) >= 11 is 1.45. The Kier molecular flexibility index (Phi) is 5.67. The Morgan fingerprint density at radius 3 is 2.54 bits per heavy atom. The zero-order valence-corrected chi connectivity index (χ0v) is 16.8. The Hall–Kier alpha value is -2.73. The van der Waals surface area contributed by atoms with Crippen LogP contribution < -0.4 is 10.2 Å². The number of hydrogen-bond acceptors (Lipinski definition) is 5. The van der Waals surface area contributed by atoms with E-state index in [0.717, 1.165) is 49.0 Å². The third kappa shape index (κ3) is 4.57. The van der Waals surface area contributed by atoms with Gasteiger partial charge in [0.25, 0.3) is 0 Å². The van der Waals surface area contributed by atoms with Crippen molar-refractivity contribution in [2.75, 3.05) is 23.3 Å². The maximum Gasteiger partial charge on any atom is 0.227 e. The van der Waals surface area contributed by atoms with Gasteiger partial charge in [0.2, 0.25) is 11.0 Å². The molecule has 1 aliphatic rings. The third-order valence-corrected chi connectivity index (χ3v) is 5.93. The largest absolute Gasteiger partial charge is 0.347 e. The van der Waals surface area contributed by atoms with E-state index in [-0.39, 0.29) is 11.8 Å². The Morgan fingerprint density at radius 2 is 1.82 bits per heavy atom. The number of rotatable bonds is 5. The van der Waals surface area contributed by atoms with Crippen LogP contribution in [-0.4, -0.2) is 28.4 Å². The molecule has 5 nitrogen and oxygen atoms in total. The van der Waals surface area contributed by atoms with E-state index in [2.05, 4.69) is 26.7 Å². The van der Waals surface area contributed by atoms with Gasteiger partial charge in [-0.3, -0.25) is 4.79 Å². The fourth-order valence-corrected chi connectivity index (χ4v) is 4.17. The lowest BCUT2D eigenvalue weighted by atomic mass is 9.96. The van der Waals surface area contributed by atoms with Gasteiger partial charge in [-0.1, -0.05) is 48.0 Å². The molecule has 3 aromatic rings. The van der Waals surface area contributed by atoms with Crippen molar-refractivity contribution >= 4 is 28.3 Å². The van der Waals surface area contributed by atoms with E-state index in [4.69, 9.17) is 4.98 Å². The lowest BCUT2D eigenvalue weighted by molar-refractivity contribution is -0.120. The lowest BCUT2D eigenvalue weighted by Crippen LogP contribution is -2.38. The highest BCUT2D eigenvalue weighted by Gasteiger charge is 2.26. The molecule has 0 saturated carbocycles. The Labute approximate surface area is 169 Å². The van der Waals surface area contributed by atoms with Crippen molar-refractivity contribution in [2.45, 2.75) is 26.2 Å². The van der Waals surface area contributed by atoms with Crippen molar-refractivity contribution in [1.29, 1.82) is 0 Å². The summed E-state index contributed by atoms with van der Waals surface area (Å²) in [5, 5.41) is 4.00. The van der Waals surface area contributed by atoms with Gasteiger partial charge in [0.15, 0.2) is 0 Å². The van der Waals surface area contributed by atoms with E-state index in [0.29, 0.717) is 0 Å². The second kappa shape index (κ2) is 8.52. The molecule has 0 bridgehead atoms. The molecular weight excluding hydrogens is 368 g/mol. The zero-order chi connectivity index (χ0) is 19.3. The number of aromatic nitrogens is 2. The Bertz CT molecular complexity index is 915. The first kappa shape index (κ1) is 18.6. The van der Waals surface area contributed by atoms with E-state index in [1.165, 1.54) is 22.7 Å². The summed E-state index contributed by atoms with van der Waals surface area (Å²) in [5.41, 5.74) is 3.28. The highest BCUT2D eigenvalue weighted by Crippen LogP contribution is 2.26. The average Bonchev–Trinajstić information content (AvgIpc) is 3.19. The SMILES string of the molecule is Cc1ccc(NC(=O)C2CCN(c3nc(Cc4ccccc4)ns3)CC2)cc1. The van der Waals surface area contributed by atoms with Gasteiger partial charge >= 0.3 is 0 Å². The summed E-state index contributed by atoms with van der Waals surface area (Å²) in [6.07, 6.45) is 2.43. The monoisotopic (exact) mass is 392 g/mol. The number of piperidine rings is 1. The van der Waals surface area contributed by atoms with E-state index in [1.54, 1.807) is 0 Å². The fraction of sp³-hybridized carbons (Fsp3) is 0.318. The highest BCUT2D eigenvalue weighted by molar-refractivity contribution is 7.09. The first-order chi connectivity index (χ1) is 13.7. The van der Waals surface area contributed by atoms with Gasteiger partial charge in [-0.05, 0) is 37.5 Å². The smallest absolute Gasteiger partial charge is 0.227 e. The van der Waals surface area contributed by atoms with Crippen molar-refractivity contribution in [1.82, 2.24) is 9.36 Å². The van der Waals surface area contributed by atoms with Crippen LogP contribution in [0.4, 0.5) is 10.8 Å². The molecule has 0 atom stereocenters. The molecule has 0 spiro atoms. The van der Waals surface area contributed by atoms with Crippen LogP contribution in [0, 0.1) is 12.8 Å². The molecule has 4 rings (SSSR count). The van der Waals surface area contributed by atoms with Crippen LogP contribution in [-0.2, 0) is 11.2 Å².